The Hall–Kier alpha value is -2.22. The van der Waals surface area contributed by atoms with E-state index < -0.39 is 29.8 Å². The molecular formula is C26H44N4O4. The molecule has 8 nitrogen and oxygen atoms in total. The van der Waals surface area contributed by atoms with Crippen molar-refractivity contribution in [2.75, 3.05) is 13.1 Å². The molecule has 1 aliphatic heterocycles. The molecule has 0 aromatic rings. The van der Waals surface area contributed by atoms with E-state index in [0.717, 1.165) is 32.1 Å². The molecule has 0 spiro atoms. The molecule has 0 bridgehead atoms. The zero-order valence-corrected chi connectivity index (χ0v) is 21.2. The number of Topliss-reactive ketones (excluding diaryl/α,β-unsaturated/α-hetero) is 1. The standard InChI is InChI=1S/C26H44N4O4/c1-5-7-13-20(23(31)25(33)28-15-6-2)29-24(32)22-19(17(3)4)14-16-30(22)26(34)21(27)18-11-9-8-10-12-18/h6,17-22H,2,5,7-16,27H2,1,3-4H3,(H,28,33)(H,29,32)/t19?,20?,21-,22-/m0/s1. The average Bonchev–Trinajstić information content (AvgIpc) is 3.29. The maximum Gasteiger partial charge on any atom is 0.289 e. The van der Waals surface area contributed by atoms with Gasteiger partial charge in [-0.1, -0.05) is 59.0 Å². The fraction of sp³-hybridized carbons (Fsp3) is 0.769. The van der Waals surface area contributed by atoms with Crippen molar-refractivity contribution in [1.29, 1.82) is 0 Å². The van der Waals surface area contributed by atoms with Crippen LogP contribution in [0, 0.1) is 17.8 Å². The van der Waals surface area contributed by atoms with Gasteiger partial charge < -0.3 is 21.3 Å². The van der Waals surface area contributed by atoms with Crippen molar-refractivity contribution >= 4 is 23.5 Å². The van der Waals surface area contributed by atoms with Crippen LogP contribution in [0.25, 0.3) is 0 Å². The van der Waals surface area contributed by atoms with Crippen molar-refractivity contribution in [3.63, 3.8) is 0 Å². The summed E-state index contributed by atoms with van der Waals surface area (Å²) in [6.07, 6.45) is 9.33. The molecule has 4 atom stereocenters. The summed E-state index contributed by atoms with van der Waals surface area (Å²) in [6, 6.07) is -2.21. The van der Waals surface area contributed by atoms with Crippen LogP contribution in [0.5, 0.6) is 0 Å². The Balaban J connectivity index is 2.19. The summed E-state index contributed by atoms with van der Waals surface area (Å²) in [6.45, 7) is 10.3. The monoisotopic (exact) mass is 476 g/mol. The first kappa shape index (κ1) is 28.0. The fourth-order valence-corrected chi connectivity index (χ4v) is 5.33. The van der Waals surface area contributed by atoms with Gasteiger partial charge in [0.15, 0.2) is 0 Å². The number of nitrogens with one attached hydrogen (secondary N) is 2. The number of rotatable bonds is 12. The first-order valence-corrected chi connectivity index (χ1v) is 13.0. The number of ketones is 1. The molecule has 1 aliphatic carbocycles. The van der Waals surface area contributed by atoms with Crippen LogP contribution in [0.3, 0.4) is 0 Å². The van der Waals surface area contributed by atoms with Crippen LogP contribution in [-0.4, -0.2) is 59.6 Å². The summed E-state index contributed by atoms with van der Waals surface area (Å²) in [5, 5.41) is 5.33. The lowest BCUT2D eigenvalue weighted by molar-refractivity contribution is -0.144. The normalized spacial score (nSPS) is 22.8. The molecule has 0 aromatic carbocycles. The van der Waals surface area contributed by atoms with E-state index in [-0.39, 0.29) is 36.1 Å². The van der Waals surface area contributed by atoms with Crippen molar-refractivity contribution in [2.45, 2.75) is 96.7 Å². The Labute approximate surface area is 204 Å². The molecule has 192 valence electrons. The number of hydrogen-bond donors (Lipinski definition) is 3. The molecule has 1 heterocycles. The number of nitrogens with two attached hydrogens (primary N) is 1. The number of amides is 3. The molecule has 2 rings (SSSR count). The minimum absolute atomic E-state index is 0.0287. The van der Waals surface area contributed by atoms with Crippen LogP contribution >= 0.6 is 0 Å². The van der Waals surface area contributed by atoms with Crippen LogP contribution in [-0.2, 0) is 19.2 Å². The minimum Gasteiger partial charge on any atom is -0.346 e. The third-order valence-electron chi connectivity index (χ3n) is 7.41. The fourth-order valence-electron chi connectivity index (χ4n) is 5.33. The van der Waals surface area contributed by atoms with Crippen molar-refractivity contribution < 1.29 is 19.2 Å². The van der Waals surface area contributed by atoms with Crippen LogP contribution in [0.2, 0.25) is 0 Å². The maximum atomic E-state index is 13.5. The lowest BCUT2D eigenvalue weighted by atomic mass is 9.83. The van der Waals surface area contributed by atoms with Gasteiger partial charge in [-0.2, -0.15) is 0 Å². The van der Waals surface area contributed by atoms with Gasteiger partial charge in [0.05, 0.1) is 12.1 Å². The predicted molar refractivity (Wildman–Crippen MR) is 133 cm³/mol. The molecule has 0 radical (unpaired) electrons. The summed E-state index contributed by atoms with van der Waals surface area (Å²) >= 11 is 0. The number of carbonyl (C=O) groups is 4. The predicted octanol–water partition coefficient (Wildman–Crippen LogP) is 2.31. The van der Waals surface area contributed by atoms with Crippen LogP contribution in [0.15, 0.2) is 12.7 Å². The van der Waals surface area contributed by atoms with E-state index in [4.69, 9.17) is 5.73 Å². The second-order valence-electron chi connectivity index (χ2n) is 10.2. The Morgan fingerprint density at radius 1 is 1.12 bits per heavy atom. The second kappa shape index (κ2) is 13.6. The number of nitrogens with zero attached hydrogens (tertiary/aromatic N) is 1. The quantitative estimate of drug-likeness (QED) is 0.295. The average molecular weight is 477 g/mol. The SMILES string of the molecule is C=CCNC(=O)C(=O)C(CCCC)NC(=O)[C@@H]1C(C(C)C)CCN1C(=O)[C@@H](N)C1CCCCC1. The number of hydrogen-bond acceptors (Lipinski definition) is 5. The maximum absolute atomic E-state index is 13.5. The lowest BCUT2D eigenvalue weighted by Gasteiger charge is -2.34. The van der Waals surface area contributed by atoms with Crippen molar-refractivity contribution in [2.24, 2.45) is 23.5 Å². The zero-order chi connectivity index (χ0) is 25.3. The molecular weight excluding hydrogens is 432 g/mol. The molecule has 0 aromatic heterocycles. The molecule has 8 heteroatoms. The van der Waals surface area contributed by atoms with Crippen molar-refractivity contribution in [3.05, 3.63) is 12.7 Å². The van der Waals surface area contributed by atoms with E-state index in [1.807, 2.05) is 20.8 Å². The van der Waals surface area contributed by atoms with Gasteiger partial charge in [-0.3, -0.25) is 19.2 Å². The van der Waals surface area contributed by atoms with Crippen LogP contribution in [0.4, 0.5) is 0 Å². The highest BCUT2D eigenvalue weighted by Crippen LogP contribution is 2.33. The molecule has 2 fully saturated rings. The zero-order valence-electron chi connectivity index (χ0n) is 21.2. The summed E-state index contributed by atoms with van der Waals surface area (Å²) in [4.78, 5) is 53.7. The summed E-state index contributed by atoms with van der Waals surface area (Å²) in [7, 11) is 0. The van der Waals surface area contributed by atoms with Gasteiger partial charge >= 0.3 is 0 Å². The molecule has 1 saturated carbocycles. The van der Waals surface area contributed by atoms with E-state index in [1.165, 1.54) is 12.5 Å². The third-order valence-corrected chi connectivity index (χ3v) is 7.41. The van der Waals surface area contributed by atoms with Gasteiger partial charge in [0.1, 0.15) is 6.04 Å². The summed E-state index contributed by atoms with van der Waals surface area (Å²) < 4.78 is 0. The van der Waals surface area contributed by atoms with Gasteiger partial charge in [0, 0.05) is 13.1 Å². The van der Waals surface area contributed by atoms with Gasteiger partial charge in [-0.25, -0.2) is 0 Å². The van der Waals surface area contributed by atoms with E-state index in [2.05, 4.69) is 17.2 Å². The van der Waals surface area contributed by atoms with Crippen LogP contribution < -0.4 is 16.4 Å². The molecule has 4 N–H and O–H groups in total. The minimum atomic E-state index is -0.922. The van der Waals surface area contributed by atoms with E-state index in [1.54, 1.807) is 4.90 Å². The molecule has 34 heavy (non-hydrogen) atoms. The molecule has 3 amide bonds. The first-order valence-electron chi connectivity index (χ1n) is 13.0. The Morgan fingerprint density at radius 2 is 1.79 bits per heavy atom. The highest BCUT2D eigenvalue weighted by atomic mass is 16.2. The highest BCUT2D eigenvalue weighted by molar-refractivity contribution is 6.38. The number of unbranched alkanes of at least 4 members (excludes halogenated alkanes) is 1. The van der Waals surface area contributed by atoms with Gasteiger partial charge in [0.25, 0.3) is 5.91 Å². The summed E-state index contributed by atoms with van der Waals surface area (Å²) in [5.41, 5.74) is 6.42. The number of likely N-dealkylation sites (tertiary alicyclic amines) is 1. The topological polar surface area (TPSA) is 122 Å². The van der Waals surface area contributed by atoms with Crippen molar-refractivity contribution in [3.8, 4) is 0 Å². The van der Waals surface area contributed by atoms with Crippen molar-refractivity contribution in [1.82, 2.24) is 15.5 Å². The summed E-state index contributed by atoms with van der Waals surface area (Å²) in [5.74, 6) is -1.64. The van der Waals surface area contributed by atoms with Gasteiger partial charge in [-0.15, -0.1) is 6.58 Å². The molecule has 2 unspecified atom stereocenters. The third kappa shape index (κ3) is 7.14. The highest BCUT2D eigenvalue weighted by Gasteiger charge is 2.46. The Morgan fingerprint density at radius 3 is 2.38 bits per heavy atom. The van der Waals surface area contributed by atoms with Gasteiger partial charge in [-0.05, 0) is 43.4 Å². The Bertz CT molecular complexity index is 732. The molecule has 1 saturated heterocycles. The second-order valence-corrected chi connectivity index (χ2v) is 10.2. The smallest absolute Gasteiger partial charge is 0.289 e. The number of carbonyl (C=O) groups excluding carboxylic acids is 4. The first-order chi connectivity index (χ1) is 16.2. The van der Waals surface area contributed by atoms with Gasteiger partial charge in [0.2, 0.25) is 17.6 Å². The van der Waals surface area contributed by atoms with Crippen LogP contribution in [0.1, 0.15) is 78.6 Å². The largest absolute Gasteiger partial charge is 0.346 e. The van der Waals surface area contributed by atoms with E-state index >= 15 is 0 Å². The Kier molecular flexibility index (Phi) is 11.2. The lowest BCUT2D eigenvalue weighted by Crippen LogP contribution is -2.58. The molecule has 2 aliphatic rings. The van der Waals surface area contributed by atoms with E-state index in [0.29, 0.717) is 25.8 Å². The van der Waals surface area contributed by atoms with E-state index in [9.17, 15) is 19.2 Å².